The maximum Gasteiger partial charge on any atom is 3.00 e. The smallest absolute Gasteiger partial charge is 0.397 e. The van der Waals surface area contributed by atoms with Gasteiger partial charge in [-0.3, -0.25) is 0 Å². The summed E-state index contributed by atoms with van der Waals surface area (Å²) >= 11 is 0. The molecule has 0 saturated carbocycles. The summed E-state index contributed by atoms with van der Waals surface area (Å²) in [6, 6.07) is 31.0. The molecule has 0 unspecified atom stereocenters. The Morgan fingerprint density at radius 2 is 0.647 bits per heavy atom. The van der Waals surface area contributed by atoms with Crippen molar-refractivity contribution in [3.63, 3.8) is 0 Å². The molecule has 2 heteroatoms. The summed E-state index contributed by atoms with van der Waals surface area (Å²) in [4.78, 5) is 0. The molecule has 1 radical (unpaired) electrons. The van der Waals surface area contributed by atoms with Crippen LogP contribution in [0.4, 0.5) is 0 Å². The first-order valence-electron chi connectivity index (χ1n) is 11.6. The second-order valence-corrected chi connectivity index (χ2v) is 10.1. The molecular weight excluding hydrogens is 448 g/mol. The normalized spacial score (nSPS) is 10.7. The first kappa shape index (κ1) is 34.5. The van der Waals surface area contributed by atoms with Crippen molar-refractivity contribution >= 4 is 0 Å². The molecule has 3 aromatic carbocycles. The molecular formula is C32H45OTi. The van der Waals surface area contributed by atoms with Gasteiger partial charge in [0, 0.05) is 6.61 Å². The number of hydrogen-bond acceptors (Lipinski definition) is 1. The second kappa shape index (κ2) is 16.9. The van der Waals surface area contributed by atoms with Crippen molar-refractivity contribution in [2.75, 3.05) is 6.61 Å². The molecule has 1 N–H and O–H groups in total. The van der Waals surface area contributed by atoms with E-state index in [1.165, 1.54) is 16.7 Å². The fourth-order valence-electron chi connectivity index (χ4n) is 2.67. The molecule has 1 nitrogen and oxygen atoms in total. The fourth-order valence-corrected chi connectivity index (χ4v) is 2.67. The van der Waals surface area contributed by atoms with Crippen molar-refractivity contribution in [1.82, 2.24) is 0 Å². The van der Waals surface area contributed by atoms with E-state index in [-0.39, 0.29) is 44.6 Å². The van der Waals surface area contributed by atoms with Crippen LogP contribution in [0.3, 0.4) is 0 Å². The van der Waals surface area contributed by atoms with Gasteiger partial charge < -0.3 is 25.9 Å². The number of aliphatic hydroxyl groups is 1. The Kier molecular flexibility index (Phi) is 17.1. The molecule has 0 fully saturated rings. The molecule has 3 aromatic rings. The Morgan fingerprint density at radius 1 is 0.500 bits per heavy atom. The third kappa shape index (κ3) is 16.0. The first-order valence-corrected chi connectivity index (χ1v) is 11.6. The first-order chi connectivity index (χ1) is 15.2. The van der Waals surface area contributed by atoms with Crippen LogP contribution < -0.4 is 0 Å². The minimum atomic E-state index is 0. The fraction of sp³-hybridized carbons (Fsp3) is 0.344. The third-order valence-electron chi connectivity index (χ3n) is 4.67. The van der Waals surface area contributed by atoms with Gasteiger partial charge in [0.15, 0.2) is 0 Å². The van der Waals surface area contributed by atoms with E-state index in [2.05, 4.69) is 98.7 Å². The van der Waals surface area contributed by atoms with Gasteiger partial charge in [0.1, 0.15) is 0 Å². The SMILES string of the molecule is CCO.[CH2-]C(C)(C)c1ccccc1.[CH2-]C(C)(C)c1ccccc1.[CH2-]C(C)(C)c1ccccc1.[Ti+3]. The maximum absolute atomic E-state index is 7.57. The Bertz CT molecular complexity index is 719. The van der Waals surface area contributed by atoms with Crippen LogP contribution in [-0.2, 0) is 38.0 Å². The Morgan fingerprint density at radius 3 is 0.735 bits per heavy atom. The average molecular weight is 494 g/mol. The Hall–Kier alpha value is -1.67. The van der Waals surface area contributed by atoms with E-state index >= 15 is 0 Å². The Labute approximate surface area is 225 Å². The molecule has 183 valence electrons. The summed E-state index contributed by atoms with van der Waals surface area (Å²) in [6.45, 7) is 26.7. The van der Waals surface area contributed by atoms with Gasteiger partial charge in [0.05, 0.1) is 0 Å². The summed E-state index contributed by atoms with van der Waals surface area (Å²) < 4.78 is 0. The summed E-state index contributed by atoms with van der Waals surface area (Å²) in [7, 11) is 0. The molecule has 0 heterocycles. The van der Waals surface area contributed by atoms with Gasteiger partial charge >= 0.3 is 21.7 Å². The van der Waals surface area contributed by atoms with Crippen molar-refractivity contribution < 1.29 is 26.8 Å². The standard InChI is InChI=1S/3C10H13.C2H6O.Ti/c3*1-10(2,3)9-7-5-4-6-8-9;1-2-3;/h3*4-8H,1H2,2-3H3;3H,2H2,1H3;/q3*-1;;+3. The third-order valence-corrected chi connectivity index (χ3v) is 4.67. The number of benzene rings is 3. The number of hydrogen-bond donors (Lipinski definition) is 1. The predicted molar refractivity (Wildman–Crippen MR) is 147 cm³/mol. The topological polar surface area (TPSA) is 20.2 Å². The van der Waals surface area contributed by atoms with Crippen molar-refractivity contribution in [3.05, 3.63) is 128 Å². The molecule has 0 atom stereocenters. The van der Waals surface area contributed by atoms with Gasteiger partial charge in [-0.25, -0.2) is 0 Å². The van der Waals surface area contributed by atoms with E-state index in [4.69, 9.17) is 5.11 Å². The zero-order valence-electron chi connectivity index (χ0n) is 22.4. The van der Waals surface area contributed by atoms with E-state index in [0.717, 1.165) is 0 Å². The molecule has 0 saturated heterocycles. The van der Waals surface area contributed by atoms with Crippen molar-refractivity contribution in [3.8, 4) is 0 Å². The molecule has 0 aliphatic heterocycles. The van der Waals surface area contributed by atoms with E-state index < -0.39 is 0 Å². The Balaban J connectivity index is 0. The van der Waals surface area contributed by atoms with Gasteiger partial charge in [-0.1, -0.05) is 149 Å². The van der Waals surface area contributed by atoms with Crippen LogP contribution in [0.5, 0.6) is 0 Å². The minimum absolute atomic E-state index is 0. The average Bonchev–Trinajstić information content (AvgIpc) is 2.75. The molecule has 0 aliphatic rings. The van der Waals surface area contributed by atoms with Crippen molar-refractivity contribution in [1.29, 1.82) is 0 Å². The van der Waals surface area contributed by atoms with E-state index in [1.807, 2.05) is 54.6 Å². The van der Waals surface area contributed by atoms with E-state index in [9.17, 15) is 0 Å². The van der Waals surface area contributed by atoms with Gasteiger partial charge in [-0.2, -0.15) is 0 Å². The molecule has 0 aliphatic carbocycles. The van der Waals surface area contributed by atoms with Crippen LogP contribution >= 0.6 is 0 Å². The zero-order chi connectivity index (χ0) is 25.5. The van der Waals surface area contributed by atoms with Crippen LogP contribution in [-0.4, -0.2) is 11.7 Å². The quantitative estimate of drug-likeness (QED) is 0.287. The van der Waals surface area contributed by atoms with Crippen LogP contribution in [0.15, 0.2) is 91.0 Å². The molecule has 0 bridgehead atoms. The zero-order valence-corrected chi connectivity index (χ0v) is 24.0. The van der Waals surface area contributed by atoms with Crippen LogP contribution in [0, 0.1) is 20.8 Å². The maximum atomic E-state index is 7.57. The van der Waals surface area contributed by atoms with E-state index in [1.54, 1.807) is 6.92 Å². The van der Waals surface area contributed by atoms with Crippen LogP contribution in [0.25, 0.3) is 0 Å². The largest absolute Gasteiger partial charge is 3.00 e. The summed E-state index contributed by atoms with van der Waals surface area (Å²) in [5.74, 6) is 0. The van der Waals surface area contributed by atoms with Crippen molar-refractivity contribution in [2.24, 2.45) is 0 Å². The molecule has 0 spiro atoms. The monoisotopic (exact) mass is 493 g/mol. The molecule has 3 rings (SSSR count). The van der Waals surface area contributed by atoms with Gasteiger partial charge in [0.25, 0.3) is 0 Å². The summed E-state index contributed by atoms with van der Waals surface area (Å²) in [5.41, 5.74) is 3.99. The number of aliphatic hydroxyl groups excluding tert-OH is 1. The second-order valence-electron chi connectivity index (χ2n) is 10.1. The van der Waals surface area contributed by atoms with Crippen molar-refractivity contribution in [2.45, 2.75) is 64.7 Å². The predicted octanol–water partition coefficient (Wildman–Crippen LogP) is 8.39. The van der Waals surface area contributed by atoms with Crippen LogP contribution in [0.2, 0.25) is 0 Å². The van der Waals surface area contributed by atoms with Gasteiger partial charge in [0.2, 0.25) is 0 Å². The minimum Gasteiger partial charge on any atom is -0.397 e. The van der Waals surface area contributed by atoms with Gasteiger partial charge in [-0.05, 0) is 6.92 Å². The molecule has 34 heavy (non-hydrogen) atoms. The molecule has 0 aromatic heterocycles. The summed E-state index contributed by atoms with van der Waals surface area (Å²) in [5, 5.41) is 7.57. The van der Waals surface area contributed by atoms with Gasteiger partial charge in [-0.15, -0.1) is 16.2 Å². The van der Waals surface area contributed by atoms with E-state index in [0.29, 0.717) is 0 Å². The number of rotatable bonds is 3. The molecule has 0 amide bonds. The summed E-state index contributed by atoms with van der Waals surface area (Å²) in [6.07, 6.45) is 0. The van der Waals surface area contributed by atoms with Crippen LogP contribution in [0.1, 0.15) is 65.2 Å².